The average molecular weight is 399 g/mol. The number of piperidine rings is 1. The van der Waals surface area contributed by atoms with E-state index in [4.69, 9.17) is 14.9 Å². The highest BCUT2D eigenvalue weighted by atomic mass is 32.1. The van der Waals surface area contributed by atoms with Crippen molar-refractivity contribution in [1.29, 1.82) is 0 Å². The van der Waals surface area contributed by atoms with E-state index in [0.29, 0.717) is 25.1 Å². The van der Waals surface area contributed by atoms with Crippen LogP contribution in [-0.4, -0.2) is 45.7 Å². The number of carbonyl (C=O) groups is 2. The van der Waals surface area contributed by atoms with E-state index in [1.165, 1.54) is 4.90 Å². The molecule has 1 N–H and O–H groups in total. The molecule has 1 saturated heterocycles. The number of ketones is 1. The van der Waals surface area contributed by atoms with Crippen molar-refractivity contribution in [2.45, 2.75) is 38.2 Å². The summed E-state index contributed by atoms with van der Waals surface area (Å²) < 4.78 is 0. The molecule has 1 amide bonds. The quantitative estimate of drug-likeness (QED) is 0.783. The van der Waals surface area contributed by atoms with Gasteiger partial charge in [-0.25, -0.2) is 9.78 Å². The Kier molecular flexibility index (Phi) is 5.13. The van der Waals surface area contributed by atoms with E-state index < -0.39 is 6.09 Å². The first-order valence-electron chi connectivity index (χ1n) is 9.29. The van der Waals surface area contributed by atoms with Crippen LogP contribution >= 0.6 is 11.3 Å². The number of nitrogens with zero attached hydrogens (tertiary/aromatic N) is 3. The first-order valence-corrected chi connectivity index (χ1v) is 10.2. The molecular weight excluding hydrogens is 378 g/mol. The van der Waals surface area contributed by atoms with Crippen LogP contribution < -0.4 is 0 Å². The predicted octanol–water partition coefficient (Wildman–Crippen LogP) is 4.07. The first-order chi connectivity index (χ1) is 13.5. The lowest BCUT2D eigenvalue weighted by Gasteiger charge is -2.28. The molecule has 2 aromatic rings. The van der Waals surface area contributed by atoms with E-state index in [9.17, 15) is 9.59 Å². The van der Waals surface area contributed by atoms with Gasteiger partial charge in [-0.05, 0) is 19.8 Å². The fourth-order valence-electron chi connectivity index (χ4n) is 3.72. The molecule has 0 aliphatic carbocycles. The Balaban J connectivity index is 1.43. The number of thiazole rings is 1. The van der Waals surface area contributed by atoms with Gasteiger partial charge in [0, 0.05) is 41.9 Å². The van der Waals surface area contributed by atoms with Gasteiger partial charge in [-0.15, -0.1) is 11.3 Å². The molecule has 4 rings (SSSR count). The van der Waals surface area contributed by atoms with E-state index in [-0.39, 0.29) is 17.8 Å². The minimum Gasteiger partial charge on any atom is -0.465 e. The van der Waals surface area contributed by atoms with Gasteiger partial charge in [0.15, 0.2) is 11.9 Å². The van der Waals surface area contributed by atoms with Crippen LogP contribution in [0.15, 0.2) is 34.8 Å². The van der Waals surface area contributed by atoms with Gasteiger partial charge < -0.3 is 14.8 Å². The molecule has 0 spiro atoms. The van der Waals surface area contributed by atoms with Crippen molar-refractivity contribution >= 4 is 28.9 Å². The van der Waals surface area contributed by atoms with Gasteiger partial charge in [-0.1, -0.05) is 29.4 Å². The summed E-state index contributed by atoms with van der Waals surface area (Å²) in [4.78, 5) is 34.7. The molecule has 2 aliphatic heterocycles. The molecule has 146 valence electrons. The van der Waals surface area contributed by atoms with Crippen LogP contribution in [0.3, 0.4) is 0 Å². The van der Waals surface area contributed by atoms with Gasteiger partial charge in [0.2, 0.25) is 0 Å². The number of Topliss-reactive ketones (excluding diaryl/α,β-unsaturated/α-hetero) is 1. The fraction of sp³-hybridized carbons (Fsp3) is 0.400. The lowest BCUT2D eigenvalue weighted by molar-refractivity contribution is 0.0832. The molecule has 8 heteroatoms. The molecule has 1 atom stereocenters. The highest BCUT2D eigenvalue weighted by Gasteiger charge is 2.30. The number of amides is 1. The van der Waals surface area contributed by atoms with Crippen molar-refractivity contribution in [2.24, 2.45) is 5.16 Å². The van der Waals surface area contributed by atoms with Crippen molar-refractivity contribution in [3.8, 4) is 0 Å². The summed E-state index contributed by atoms with van der Waals surface area (Å²) in [5.41, 5.74) is 3.11. The Labute approximate surface area is 166 Å². The Morgan fingerprint density at radius 3 is 2.71 bits per heavy atom. The Bertz CT molecular complexity index is 931. The van der Waals surface area contributed by atoms with E-state index in [1.54, 1.807) is 18.3 Å². The zero-order chi connectivity index (χ0) is 19.7. The van der Waals surface area contributed by atoms with Crippen LogP contribution in [0.1, 0.15) is 64.8 Å². The number of carbonyl (C=O) groups excluding carboxylic acids is 1. The summed E-state index contributed by atoms with van der Waals surface area (Å²) in [7, 11) is 0. The molecule has 1 aromatic carbocycles. The smallest absolute Gasteiger partial charge is 0.407 e. The number of rotatable bonds is 4. The van der Waals surface area contributed by atoms with Crippen LogP contribution in [0.25, 0.3) is 0 Å². The number of oxime groups is 1. The molecule has 1 aromatic heterocycles. The third-order valence-corrected chi connectivity index (χ3v) is 6.30. The van der Waals surface area contributed by atoms with Crippen LogP contribution in [0.2, 0.25) is 0 Å². The monoisotopic (exact) mass is 399 g/mol. The molecule has 3 heterocycles. The average Bonchev–Trinajstić information content (AvgIpc) is 3.37. The summed E-state index contributed by atoms with van der Waals surface area (Å²) in [6, 6.07) is 7.46. The largest absolute Gasteiger partial charge is 0.465 e. The van der Waals surface area contributed by atoms with E-state index in [2.05, 4.69) is 5.16 Å². The maximum absolute atomic E-state index is 11.9. The third kappa shape index (κ3) is 3.64. The second-order valence-electron chi connectivity index (χ2n) is 7.09. The molecule has 1 unspecified atom stereocenters. The molecule has 0 saturated carbocycles. The molecule has 0 bridgehead atoms. The molecule has 1 fully saturated rings. The molecule has 2 aliphatic rings. The Morgan fingerprint density at radius 1 is 1.25 bits per heavy atom. The fourth-order valence-corrected chi connectivity index (χ4v) is 4.72. The molecule has 28 heavy (non-hydrogen) atoms. The maximum Gasteiger partial charge on any atom is 0.407 e. The molecule has 7 nitrogen and oxygen atoms in total. The lowest BCUT2D eigenvalue weighted by Crippen LogP contribution is -2.36. The number of hydrogen-bond acceptors (Lipinski definition) is 6. The van der Waals surface area contributed by atoms with Gasteiger partial charge in [-0.3, -0.25) is 4.79 Å². The second-order valence-corrected chi connectivity index (χ2v) is 7.98. The van der Waals surface area contributed by atoms with Gasteiger partial charge in [0.1, 0.15) is 5.71 Å². The summed E-state index contributed by atoms with van der Waals surface area (Å²) in [5, 5.41) is 16.3. The van der Waals surface area contributed by atoms with Crippen LogP contribution in [0.5, 0.6) is 0 Å². The predicted molar refractivity (Wildman–Crippen MR) is 105 cm³/mol. The second kappa shape index (κ2) is 7.71. The first kappa shape index (κ1) is 18.6. The molecular formula is C20H21N3O4S. The Hall–Kier alpha value is -2.74. The number of carboxylic acid groups (broad SMARTS) is 1. The standard InChI is InChI=1S/C20H21N3O4S/c1-12(24)14-4-2-3-5-15(14)18-10-16(22-27-18)17-11-28-19(21-17)13-6-8-23(9-7-13)20(25)26/h2-5,11,13,18H,6-10H2,1H3,(H,25,26). The minimum atomic E-state index is -0.854. The summed E-state index contributed by atoms with van der Waals surface area (Å²) in [5.74, 6) is 0.294. The van der Waals surface area contributed by atoms with Crippen LogP contribution in [-0.2, 0) is 4.84 Å². The van der Waals surface area contributed by atoms with Crippen molar-refractivity contribution in [1.82, 2.24) is 9.88 Å². The number of likely N-dealkylation sites (tertiary alicyclic amines) is 1. The zero-order valence-electron chi connectivity index (χ0n) is 15.5. The zero-order valence-corrected chi connectivity index (χ0v) is 16.3. The van der Waals surface area contributed by atoms with Gasteiger partial charge in [0.05, 0.1) is 10.7 Å². The lowest BCUT2D eigenvalue weighted by atomic mass is 9.96. The minimum absolute atomic E-state index is 0.0105. The summed E-state index contributed by atoms with van der Waals surface area (Å²) >= 11 is 1.59. The number of benzene rings is 1. The van der Waals surface area contributed by atoms with Gasteiger partial charge in [0.25, 0.3) is 0 Å². The van der Waals surface area contributed by atoms with E-state index in [0.717, 1.165) is 34.8 Å². The SMILES string of the molecule is CC(=O)c1ccccc1C1CC(c2csc(C3CCN(C(=O)O)CC3)n2)=NO1. The number of hydrogen-bond donors (Lipinski definition) is 1. The van der Waals surface area contributed by atoms with Crippen molar-refractivity contribution in [3.05, 3.63) is 51.5 Å². The number of aromatic nitrogens is 1. The molecule has 0 radical (unpaired) electrons. The normalized spacial score (nSPS) is 20.0. The topological polar surface area (TPSA) is 92.1 Å². The van der Waals surface area contributed by atoms with E-state index >= 15 is 0 Å². The maximum atomic E-state index is 11.9. The van der Waals surface area contributed by atoms with Crippen molar-refractivity contribution < 1.29 is 19.5 Å². The third-order valence-electron chi connectivity index (χ3n) is 5.29. The van der Waals surface area contributed by atoms with Gasteiger partial charge in [-0.2, -0.15) is 0 Å². The summed E-state index contributed by atoms with van der Waals surface area (Å²) in [6.45, 7) is 2.64. The summed E-state index contributed by atoms with van der Waals surface area (Å²) in [6.07, 6.45) is 1.02. The van der Waals surface area contributed by atoms with E-state index in [1.807, 2.05) is 29.6 Å². The van der Waals surface area contributed by atoms with Crippen LogP contribution in [0, 0.1) is 0 Å². The van der Waals surface area contributed by atoms with Crippen molar-refractivity contribution in [3.63, 3.8) is 0 Å². The highest BCUT2D eigenvalue weighted by molar-refractivity contribution is 7.10. The van der Waals surface area contributed by atoms with Crippen molar-refractivity contribution in [2.75, 3.05) is 13.1 Å². The van der Waals surface area contributed by atoms with Gasteiger partial charge >= 0.3 is 6.09 Å². The Morgan fingerprint density at radius 2 is 2.00 bits per heavy atom. The highest BCUT2D eigenvalue weighted by Crippen LogP contribution is 2.34. The van der Waals surface area contributed by atoms with Crippen LogP contribution in [0.4, 0.5) is 4.79 Å².